The first-order valence-corrected chi connectivity index (χ1v) is 4.85. The van der Waals surface area contributed by atoms with Crippen molar-refractivity contribution in [3.05, 3.63) is 34.4 Å². The van der Waals surface area contributed by atoms with Gasteiger partial charge >= 0.3 is 17.9 Å². The van der Waals surface area contributed by atoms with Crippen LogP contribution in [-0.4, -0.2) is 33.2 Å². The fourth-order valence-electron chi connectivity index (χ4n) is 1.41. The minimum absolute atomic E-state index is 0.216. The average Bonchev–Trinajstić information content (AvgIpc) is 2.26. The van der Waals surface area contributed by atoms with E-state index >= 15 is 0 Å². The molecule has 0 aromatic heterocycles. The first-order valence-electron chi connectivity index (χ1n) is 4.31. The zero-order chi connectivity index (χ0) is 13.2. The highest BCUT2D eigenvalue weighted by atomic mass is 35.5. The Morgan fingerprint density at radius 3 is 1.76 bits per heavy atom. The van der Waals surface area contributed by atoms with E-state index < -0.39 is 34.9 Å². The summed E-state index contributed by atoms with van der Waals surface area (Å²) in [4.78, 5) is 32.6. The number of carbonyl (C=O) groups is 3. The van der Waals surface area contributed by atoms with Crippen LogP contribution in [0.25, 0.3) is 0 Å². The SMILES string of the molecule is O=C(O)c1ccc(C(=O)O)c(C(=O)O)c1CCl. The highest BCUT2D eigenvalue weighted by Crippen LogP contribution is 2.22. The lowest BCUT2D eigenvalue weighted by Gasteiger charge is -2.09. The number of hydrogen-bond acceptors (Lipinski definition) is 3. The molecule has 0 saturated heterocycles. The van der Waals surface area contributed by atoms with E-state index in [1.54, 1.807) is 0 Å². The number of benzene rings is 1. The third-order valence-electron chi connectivity index (χ3n) is 2.12. The van der Waals surface area contributed by atoms with Gasteiger partial charge in [-0.1, -0.05) is 0 Å². The molecule has 0 heterocycles. The van der Waals surface area contributed by atoms with E-state index in [0.717, 1.165) is 12.1 Å². The average molecular weight is 259 g/mol. The fourth-order valence-corrected chi connectivity index (χ4v) is 1.69. The molecule has 0 fully saturated rings. The first kappa shape index (κ1) is 13.0. The second kappa shape index (κ2) is 4.84. The molecule has 0 unspecified atom stereocenters. The van der Waals surface area contributed by atoms with E-state index in [4.69, 9.17) is 26.9 Å². The van der Waals surface area contributed by atoms with Crippen LogP contribution in [0.5, 0.6) is 0 Å². The maximum absolute atomic E-state index is 11.0. The van der Waals surface area contributed by atoms with Crippen molar-refractivity contribution in [2.45, 2.75) is 5.88 Å². The van der Waals surface area contributed by atoms with E-state index in [9.17, 15) is 14.4 Å². The highest BCUT2D eigenvalue weighted by molar-refractivity contribution is 6.19. The van der Waals surface area contributed by atoms with Crippen LogP contribution < -0.4 is 0 Å². The van der Waals surface area contributed by atoms with Crippen molar-refractivity contribution >= 4 is 29.5 Å². The molecule has 0 radical (unpaired) electrons. The summed E-state index contributed by atoms with van der Waals surface area (Å²) in [5, 5.41) is 26.6. The van der Waals surface area contributed by atoms with Crippen molar-refractivity contribution < 1.29 is 29.7 Å². The predicted molar refractivity (Wildman–Crippen MR) is 56.9 cm³/mol. The molecule has 0 saturated carbocycles. The van der Waals surface area contributed by atoms with Crippen LogP contribution in [0, 0.1) is 0 Å². The maximum Gasteiger partial charge on any atom is 0.336 e. The number of halogens is 1. The molecular formula is C10H7ClO6. The second-order valence-electron chi connectivity index (χ2n) is 3.06. The van der Waals surface area contributed by atoms with Crippen LogP contribution in [0.1, 0.15) is 36.6 Å². The van der Waals surface area contributed by atoms with E-state index in [2.05, 4.69) is 0 Å². The largest absolute Gasteiger partial charge is 0.478 e. The van der Waals surface area contributed by atoms with Gasteiger partial charge in [-0.3, -0.25) is 0 Å². The summed E-state index contributed by atoms with van der Waals surface area (Å²) >= 11 is 5.48. The van der Waals surface area contributed by atoms with Crippen molar-refractivity contribution in [3.8, 4) is 0 Å². The normalized spacial score (nSPS) is 9.94. The Morgan fingerprint density at radius 1 is 0.941 bits per heavy atom. The molecule has 0 amide bonds. The monoisotopic (exact) mass is 258 g/mol. The lowest BCUT2D eigenvalue weighted by molar-refractivity contribution is 0.0648. The summed E-state index contributed by atoms with van der Waals surface area (Å²) < 4.78 is 0. The van der Waals surface area contributed by atoms with E-state index in [1.165, 1.54) is 0 Å². The quantitative estimate of drug-likeness (QED) is 0.706. The lowest BCUT2D eigenvalue weighted by Crippen LogP contribution is -2.15. The molecule has 17 heavy (non-hydrogen) atoms. The van der Waals surface area contributed by atoms with Crippen LogP contribution in [0.4, 0.5) is 0 Å². The zero-order valence-electron chi connectivity index (χ0n) is 8.31. The Kier molecular flexibility index (Phi) is 3.69. The molecule has 0 aliphatic rings. The summed E-state index contributed by atoms with van der Waals surface area (Å²) in [6, 6.07) is 1.96. The minimum Gasteiger partial charge on any atom is -0.478 e. The maximum atomic E-state index is 11.0. The van der Waals surface area contributed by atoms with Crippen molar-refractivity contribution in [3.63, 3.8) is 0 Å². The molecule has 1 aromatic rings. The van der Waals surface area contributed by atoms with Gasteiger partial charge in [-0.25, -0.2) is 14.4 Å². The summed E-state index contributed by atoms with van der Waals surface area (Å²) in [7, 11) is 0. The van der Waals surface area contributed by atoms with Gasteiger partial charge in [-0.2, -0.15) is 0 Å². The zero-order valence-corrected chi connectivity index (χ0v) is 9.06. The smallest absolute Gasteiger partial charge is 0.336 e. The van der Waals surface area contributed by atoms with Crippen LogP contribution in [0.3, 0.4) is 0 Å². The molecule has 90 valence electrons. The number of aromatic carboxylic acids is 3. The Labute approximate surface area is 100 Å². The standard InChI is InChI=1S/C10H7ClO6/c11-3-6-4(8(12)13)1-2-5(9(14)15)7(6)10(16)17/h1-2H,3H2,(H,12,13)(H,14,15)(H,16,17). The molecule has 1 aromatic carbocycles. The number of alkyl halides is 1. The van der Waals surface area contributed by atoms with Gasteiger partial charge < -0.3 is 15.3 Å². The lowest BCUT2D eigenvalue weighted by atomic mass is 9.97. The minimum atomic E-state index is -1.53. The molecule has 0 aliphatic carbocycles. The van der Waals surface area contributed by atoms with Crippen LogP contribution >= 0.6 is 11.6 Å². The van der Waals surface area contributed by atoms with Crippen molar-refractivity contribution in [2.75, 3.05) is 0 Å². The van der Waals surface area contributed by atoms with Gasteiger partial charge in [0, 0.05) is 5.88 Å². The third kappa shape index (κ3) is 2.36. The van der Waals surface area contributed by atoms with Gasteiger partial charge in [0.25, 0.3) is 0 Å². The van der Waals surface area contributed by atoms with Gasteiger partial charge in [-0.15, -0.1) is 11.6 Å². The third-order valence-corrected chi connectivity index (χ3v) is 2.39. The summed E-state index contributed by atoms with van der Waals surface area (Å²) in [6.07, 6.45) is 0. The first-order chi connectivity index (χ1) is 7.90. The topological polar surface area (TPSA) is 112 Å². The highest BCUT2D eigenvalue weighted by Gasteiger charge is 2.24. The Hall–Kier alpha value is -2.08. The van der Waals surface area contributed by atoms with Crippen molar-refractivity contribution in [2.24, 2.45) is 0 Å². The molecule has 7 heteroatoms. The second-order valence-corrected chi connectivity index (χ2v) is 3.33. The Balaban J connectivity index is 3.67. The van der Waals surface area contributed by atoms with Gasteiger partial charge in [0.1, 0.15) is 0 Å². The molecule has 0 aliphatic heterocycles. The van der Waals surface area contributed by atoms with Gasteiger partial charge in [0.15, 0.2) is 0 Å². The number of hydrogen-bond donors (Lipinski definition) is 3. The van der Waals surface area contributed by atoms with Crippen molar-refractivity contribution in [1.29, 1.82) is 0 Å². The molecule has 3 N–H and O–H groups in total. The van der Waals surface area contributed by atoms with Gasteiger partial charge in [0.05, 0.1) is 16.7 Å². The Bertz CT molecular complexity index is 508. The molecule has 0 bridgehead atoms. The van der Waals surface area contributed by atoms with E-state index in [0.29, 0.717) is 0 Å². The van der Waals surface area contributed by atoms with Crippen LogP contribution in [0.15, 0.2) is 12.1 Å². The predicted octanol–water partition coefficient (Wildman–Crippen LogP) is 1.52. The molecule has 6 nitrogen and oxygen atoms in total. The van der Waals surface area contributed by atoms with Gasteiger partial charge in [0.2, 0.25) is 0 Å². The fraction of sp³-hybridized carbons (Fsp3) is 0.100. The van der Waals surface area contributed by atoms with E-state index in [1.807, 2.05) is 0 Å². The number of rotatable bonds is 4. The summed E-state index contributed by atoms with van der Waals surface area (Å²) in [6.45, 7) is 0. The molecule has 0 atom stereocenters. The van der Waals surface area contributed by atoms with Gasteiger partial charge in [-0.05, 0) is 17.7 Å². The number of carboxylic acid groups (broad SMARTS) is 3. The number of carboxylic acids is 3. The Morgan fingerprint density at radius 2 is 1.41 bits per heavy atom. The molecule has 1 rings (SSSR count). The van der Waals surface area contributed by atoms with Crippen LogP contribution in [0.2, 0.25) is 0 Å². The summed E-state index contributed by atoms with van der Waals surface area (Å²) in [5.41, 5.74) is -1.61. The van der Waals surface area contributed by atoms with Crippen LogP contribution in [-0.2, 0) is 5.88 Å². The molecular weight excluding hydrogens is 252 g/mol. The van der Waals surface area contributed by atoms with E-state index in [-0.39, 0.29) is 11.1 Å². The molecule has 0 spiro atoms. The van der Waals surface area contributed by atoms with Crippen molar-refractivity contribution in [1.82, 2.24) is 0 Å². The summed E-state index contributed by atoms with van der Waals surface area (Å²) in [5.74, 6) is -4.74.